The maximum Gasteiger partial charge on any atom is 0.120 e. The number of hydrogen-bond acceptors (Lipinski definition) is 1. The lowest BCUT2D eigenvalue weighted by atomic mass is 10.1. The van der Waals surface area contributed by atoms with E-state index in [0.29, 0.717) is 6.10 Å². The zero-order valence-electron chi connectivity index (χ0n) is 9.63. The summed E-state index contributed by atoms with van der Waals surface area (Å²) in [6.45, 7) is 8.51. The van der Waals surface area contributed by atoms with Crippen molar-refractivity contribution in [2.24, 2.45) is 0 Å². The molecule has 0 aromatic heterocycles. The summed E-state index contributed by atoms with van der Waals surface area (Å²) in [5.41, 5.74) is 2.53. The first kappa shape index (κ1) is 11.1. The molecular weight excluding hydrogens is 172 g/mol. The molecule has 0 radical (unpaired) electrons. The molecule has 0 bridgehead atoms. The highest BCUT2D eigenvalue weighted by atomic mass is 16.5. The molecule has 0 saturated heterocycles. The van der Waals surface area contributed by atoms with Crippen molar-refractivity contribution in [1.82, 2.24) is 0 Å². The van der Waals surface area contributed by atoms with Crippen LogP contribution in [0.5, 0.6) is 5.75 Å². The number of ether oxygens (including phenoxy) is 1. The third-order valence-electron chi connectivity index (χ3n) is 2.23. The van der Waals surface area contributed by atoms with Gasteiger partial charge in [-0.15, -0.1) is 0 Å². The lowest BCUT2D eigenvalue weighted by molar-refractivity contribution is 0.209. The molecule has 78 valence electrons. The summed E-state index contributed by atoms with van der Waals surface area (Å²) < 4.78 is 5.82. The number of benzene rings is 1. The Kier molecular flexibility index (Phi) is 3.99. The van der Waals surface area contributed by atoms with Gasteiger partial charge in [-0.2, -0.15) is 0 Å². The topological polar surface area (TPSA) is 9.23 Å². The Morgan fingerprint density at radius 1 is 1.14 bits per heavy atom. The molecule has 1 unspecified atom stereocenters. The van der Waals surface area contributed by atoms with Gasteiger partial charge in [0.25, 0.3) is 0 Å². The van der Waals surface area contributed by atoms with Crippen molar-refractivity contribution in [3.05, 3.63) is 29.3 Å². The Morgan fingerprint density at radius 3 is 2.21 bits per heavy atom. The molecule has 0 aliphatic rings. The van der Waals surface area contributed by atoms with E-state index >= 15 is 0 Å². The highest BCUT2D eigenvalue weighted by molar-refractivity contribution is 5.33. The standard InChI is InChI=1S/C13H20O/c1-5-6-12(4)14-13-8-10(2)7-11(3)9-13/h7-9,12H,5-6H2,1-4H3. The second-order valence-corrected chi connectivity index (χ2v) is 4.04. The van der Waals surface area contributed by atoms with E-state index in [1.165, 1.54) is 17.5 Å². The molecule has 1 rings (SSSR count). The van der Waals surface area contributed by atoms with Crippen molar-refractivity contribution < 1.29 is 4.74 Å². The van der Waals surface area contributed by atoms with Crippen LogP contribution in [0.25, 0.3) is 0 Å². The van der Waals surface area contributed by atoms with Gasteiger partial charge in [0.1, 0.15) is 5.75 Å². The van der Waals surface area contributed by atoms with Gasteiger partial charge in [-0.1, -0.05) is 19.4 Å². The molecule has 0 fully saturated rings. The molecular formula is C13H20O. The lowest BCUT2D eigenvalue weighted by Crippen LogP contribution is -2.11. The Bertz CT molecular complexity index is 271. The van der Waals surface area contributed by atoms with Crippen molar-refractivity contribution in [3.8, 4) is 5.75 Å². The lowest BCUT2D eigenvalue weighted by Gasteiger charge is -2.14. The first-order valence-corrected chi connectivity index (χ1v) is 5.36. The van der Waals surface area contributed by atoms with E-state index in [4.69, 9.17) is 4.74 Å². The maximum absolute atomic E-state index is 5.82. The molecule has 0 spiro atoms. The van der Waals surface area contributed by atoms with Crippen LogP contribution < -0.4 is 4.74 Å². The van der Waals surface area contributed by atoms with Gasteiger partial charge in [0.2, 0.25) is 0 Å². The Balaban J connectivity index is 2.66. The summed E-state index contributed by atoms with van der Waals surface area (Å²) in [7, 11) is 0. The predicted molar refractivity (Wildman–Crippen MR) is 60.9 cm³/mol. The summed E-state index contributed by atoms with van der Waals surface area (Å²) >= 11 is 0. The van der Waals surface area contributed by atoms with Crippen LogP contribution in [0, 0.1) is 13.8 Å². The van der Waals surface area contributed by atoms with E-state index in [1.54, 1.807) is 0 Å². The highest BCUT2D eigenvalue weighted by Gasteiger charge is 2.03. The molecule has 0 saturated carbocycles. The quantitative estimate of drug-likeness (QED) is 0.703. The highest BCUT2D eigenvalue weighted by Crippen LogP contribution is 2.18. The summed E-state index contributed by atoms with van der Waals surface area (Å²) in [4.78, 5) is 0. The van der Waals surface area contributed by atoms with E-state index < -0.39 is 0 Å². The fraction of sp³-hybridized carbons (Fsp3) is 0.538. The van der Waals surface area contributed by atoms with Crippen LogP contribution >= 0.6 is 0 Å². The zero-order chi connectivity index (χ0) is 10.6. The van der Waals surface area contributed by atoms with Gasteiger partial charge in [-0.05, 0) is 50.5 Å². The molecule has 1 aromatic carbocycles. The summed E-state index contributed by atoms with van der Waals surface area (Å²) in [5.74, 6) is 1.00. The summed E-state index contributed by atoms with van der Waals surface area (Å²) in [5, 5.41) is 0. The molecule has 1 nitrogen and oxygen atoms in total. The second-order valence-electron chi connectivity index (χ2n) is 4.04. The van der Waals surface area contributed by atoms with Crippen molar-refractivity contribution in [3.63, 3.8) is 0 Å². The maximum atomic E-state index is 5.82. The first-order valence-electron chi connectivity index (χ1n) is 5.36. The molecule has 1 heteroatoms. The fourth-order valence-corrected chi connectivity index (χ4v) is 1.70. The van der Waals surface area contributed by atoms with Crippen LogP contribution in [0.15, 0.2) is 18.2 Å². The predicted octanol–water partition coefficient (Wildman–Crippen LogP) is 3.87. The van der Waals surface area contributed by atoms with Gasteiger partial charge in [0, 0.05) is 0 Å². The van der Waals surface area contributed by atoms with E-state index in [9.17, 15) is 0 Å². The molecule has 1 atom stereocenters. The zero-order valence-corrected chi connectivity index (χ0v) is 9.63. The third-order valence-corrected chi connectivity index (χ3v) is 2.23. The number of aryl methyl sites for hydroxylation is 2. The van der Waals surface area contributed by atoms with Crippen LogP contribution in [0.1, 0.15) is 37.8 Å². The van der Waals surface area contributed by atoms with E-state index in [2.05, 4.69) is 45.9 Å². The Morgan fingerprint density at radius 2 is 1.71 bits per heavy atom. The monoisotopic (exact) mass is 192 g/mol. The van der Waals surface area contributed by atoms with Gasteiger partial charge in [-0.3, -0.25) is 0 Å². The average Bonchev–Trinajstić information content (AvgIpc) is 2.01. The second kappa shape index (κ2) is 5.04. The van der Waals surface area contributed by atoms with Crippen molar-refractivity contribution in [2.45, 2.75) is 46.6 Å². The molecule has 0 aliphatic heterocycles. The average molecular weight is 192 g/mol. The Hall–Kier alpha value is -0.980. The minimum atomic E-state index is 0.321. The summed E-state index contributed by atoms with van der Waals surface area (Å²) in [6.07, 6.45) is 2.61. The Labute approximate surface area is 87.1 Å². The van der Waals surface area contributed by atoms with Crippen LogP contribution in [0.4, 0.5) is 0 Å². The fourth-order valence-electron chi connectivity index (χ4n) is 1.70. The number of hydrogen-bond donors (Lipinski definition) is 0. The van der Waals surface area contributed by atoms with E-state index in [-0.39, 0.29) is 0 Å². The van der Waals surface area contributed by atoms with Gasteiger partial charge in [0.05, 0.1) is 6.10 Å². The molecule has 1 aromatic rings. The van der Waals surface area contributed by atoms with Crippen LogP contribution in [0.3, 0.4) is 0 Å². The molecule has 0 amide bonds. The van der Waals surface area contributed by atoms with Crippen LogP contribution in [-0.4, -0.2) is 6.10 Å². The van der Waals surface area contributed by atoms with E-state index in [0.717, 1.165) is 12.2 Å². The van der Waals surface area contributed by atoms with Crippen molar-refractivity contribution in [2.75, 3.05) is 0 Å². The molecule has 0 aliphatic carbocycles. The van der Waals surface area contributed by atoms with Crippen LogP contribution in [0.2, 0.25) is 0 Å². The largest absolute Gasteiger partial charge is 0.491 e. The van der Waals surface area contributed by atoms with Crippen molar-refractivity contribution >= 4 is 0 Å². The third kappa shape index (κ3) is 3.41. The summed E-state index contributed by atoms with van der Waals surface area (Å²) in [6, 6.07) is 6.36. The smallest absolute Gasteiger partial charge is 0.120 e. The molecule has 0 heterocycles. The van der Waals surface area contributed by atoms with E-state index in [1.807, 2.05) is 0 Å². The van der Waals surface area contributed by atoms with Crippen LogP contribution in [-0.2, 0) is 0 Å². The van der Waals surface area contributed by atoms with Gasteiger partial charge < -0.3 is 4.74 Å². The normalized spacial score (nSPS) is 12.6. The first-order chi connectivity index (χ1) is 6.61. The SMILES string of the molecule is CCCC(C)Oc1cc(C)cc(C)c1. The van der Waals surface area contributed by atoms with Gasteiger partial charge in [-0.25, -0.2) is 0 Å². The van der Waals surface area contributed by atoms with Crippen molar-refractivity contribution in [1.29, 1.82) is 0 Å². The van der Waals surface area contributed by atoms with Gasteiger partial charge >= 0.3 is 0 Å². The minimum Gasteiger partial charge on any atom is -0.491 e. The van der Waals surface area contributed by atoms with Gasteiger partial charge in [0.15, 0.2) is 0 Å². The molecule has 14 heavy (non-hydrogen) atoms. The number of rotatable bonds is 4. The minimum absolute atomic E-state index is 0.321. The molecule has 0 N–H and O–H groups in total.